The van der Waals surface area contributed by atoms with Crippen LogP contribution in [0.5, 0.6) is 0 Å². The molecule has 65 heavy (non-hydrogen) atoms. The largest absolute Gasteiger partial charge is 0.126 e. The second kappa shape index (κ2) is 54.9. The molecule has 1 rings (SSSR count). The molecule has 0 atom stereocenters. The lowest BCUT2D eigenvalue weighted by Gasteiger charge is -2.08. The third-order valence-corrected chi connectivity index (χ3v) is 16.6. The molecule has 0 fully saturated rings. The van der Waals surface area contributed by atoms with Gasteiger partial charge in [-0.15, -0.1) is 23.5 Å². The Bertz CT molecular complexity index is 942. The molecule has 0 amide bonds. The van der Waals surface area contributed by atoms with Crippen molar-refractivity contribution in [3.8, 4) is 0 Å². The van der Waals surface area contributed by atoms with Gasteiger partial charge in [0, 0.05) is 9.79 Å². The monoisotopic (exact) mass is 940 g/mol. The fourth-order valence-electron chi connectivity index (χ4n) is 10.0. The van der Waals surface area contributed by atoms with Crippen LogP contribution in [0.4, 0.5) is 0 Å². The fourth-order valence-corrected chi connectivity index (χ4v) is 12.1. The summed E-state index contributed by atoms with van der Waals surface area (Å²) in [5.74, 6) is 2.51. The van der Waals surface area contributed by atoms with Crippen LogP contribution in [0.3, 0.4) is 0 Å². The van der Waals surface area contributed by atoms with Crippen LogP contribution in [0.2, 0.25) is 0 Å². The summed E-state index contributed by atoms with van der Waals surface area (Å²) in [6, 6.07) is 7.04. The SMILES string of the molecule is [CH2]c1cc(SCCCCCCCCCCCCCCCCCCCCCCCCCCCC)cc(SCCCCCCCCCCCCCCCCCCCCCCCCCCCC)c1. The molecule has 0 saturated heterocycles. The molecule has 0 nitrogen and oxygen atoms in total. The molecule has 0 N–H and O–H groups in total. The molecule has 1 radical (unpaired) electrons. The maximum absolute atomic E-state index is 4.31. The van der Waals surface area contributed by atoms with Gasteiger partial charge in [0.25, 0.3) is 0 Å². The number of thioether (sulfide) groups is 2. The molecule has 0 saturated carbocycles. The van der Waals surface area contributed by atoms with Crippen LogP contribution < -0.4 is 0 Å². The molecule has 2 heteroatoms. The van der Waals surface area contributed by atoms with Gasteiger partial charge in [-0.25, -0.2) is 0 Å². The molecule has 0 bridgehead atoms. The highest BCUT2D eigenvalue weighted by molar-refractivity contribution is 8.00. The minimum atomic E-state index is 1.19. The zero-order valence-electron chi connectivity index (χ0n) is 44.9. The van der Waals surface area contributed by atoms with Gasteiger partial charge in [0.1, 0.15) is 0 Å². The maximum atomic E-state index is 4.31. The van der Waals surface area contributed by atoms with Crippen molar-refractivity contribution in [1.82, 2.24) is 0 Å². The zero-order valence-corrected chi connectivity index (χ0v) is 46.6. The molecule has 0 aliphatic heterocycles. The predicted molar refractivity (Wildman–Crippen MR) is 304 cm³/mol. The van der Waals surface area contributed by atoms with E-state index in [0.717, 1.165) is 0 Å². The Labute approximate surface area is 420 Å². The second-order valence-electron chi connectivity index (χ2n) is 21.2. The quantitative estimate of drug-likeness (QED) is 0.0471. The van der Waals surface area contributed by atoms with Crippen molar-refractivity contribution in [3.05, 3.63) is 30.7 Å². The molecule has 0 unspecified atom stereocenters. The van der Waals surface area contributed by atoms with E-state index in [0.29, 0.717) is 0 Å². The molecule has 0 heterocycles. The summed E-state index contributed by atoms with van der Waals surface area (Å²) < 4.78 is 0. The van der Waals surface area contributed by atoms with Crippen LogP contribution >= 0.6 is 23.5 Å². The van der Waals surface area contributed by atoms with Crippen LogP contribution in [0.1, 0.15) is 353 Å². The number of benzene rings is 1. The van der Waals surface area contributed by atoms with Crippen molar-refractivity contribution in [3.63, 3.8) is 0 Å². The number of unbranched alkanes of at least 4 members (excludes halogenated alkanes) is 50. The van der Waals surface area contributed by atoms with E-state index in [4.69, 9.17) is 0 Å². The van der Waals surface area contributed by atoms with Crippen molar-refractivity contribution in [2.45, 2.75) is 358 Å². The van der Waals surface area contributed by atoms with Gasteiger partial charge in [-0.2, -0.15) is 0 Å². The lowest BCUT2D eigenvalue weighted by molar-refractivity contribution is 0.516. The van der Waals surface area contributed by atoms with Gasteiger partial charge < -0.3 is 0 Å². The minimum absolute atomic E-state index is 1.19. The second-order valence-corrected chi connectivity index (χ2v) is 23.5. The van der Waals surface area contributed by atoms with Crippen molar-refractivity contribution < 1.29 is 0 Å². The van der Waals surface area contributed by atoms with E-state index in [1.54, 1.807) is 0 Å². The highest BCUT2D eigenvalue weighted by Gasteiger charge is 2.03. The standard InChI is InChI=1S/C63H119S2/c1-4-6-8-10-12-14-16-18-20-22-24-26-28-30-32-34-36-38-40-42-44-46-48-50-52-54-56-64-62-58-61(3)59-63(60-62)65-57-55-53-51-49-47-45-43-41-39-37-35-33-31-29-27-25-23-21-19-17-15-13-11-9-7-5-2/h58-60H,3-57H2,1-2H3. The average molecular weight is 941 g/mol. The lowest BCUT2D eigenvalue weighted by atomic mass is 10.0. The Hall–Kier alpha value is -0.0800. The van der Waals surface area contributed by atoms with E-state index >= 15 is 0 Å². The summed E-state index contributed by atoms with van der Waals surface area (Å²) in [6.07, 6.45) is 76.0. The number of hydrogen-bond donors (Lipinski definition) is 0. The third kappa shape index (κ3) is 50.1. The van der Waals surface area contributed by atoms with Gasteiger partial charge in [-0.05, 0) is 55.0 Å². The van der Waals surface area contributed by atoms with Crippen LogP contribution in [-0.2, 0) is 0 Å². The Morgan fingerprint density at radius 2 is 0.385 bits per heavy atom. The van der Waals surface area contributed by atoms with Crippen molar-refractivity contribution in [2.24, 2.45) is 0 Å². The van der Waals surface area contributed by atoms with Gasteiger partial charge in [-0.1, -0.05) is 335 Å². The molecular formula is C63H119S2. The highest BCUT2D eigenvalue weighted by Crippen LogP contribution is 2.29. The summed E-state index contributed by atoms with van der Waals surface area (Å²) in [5.41, 5.74) is 1.19. The van der Waals surface area contributed by atoms with E-state index in [9.17, 15) is 0 Å². The van der Waals surface area contributed by atoms with E-state index in [1.165, 1.54) is 361 Å². The molecule has 0 aliphatic rings. The van der Waals surface area contributed by atoms with E-state index in [1.807, 2.05) is 0 Å². The normalized spacial score (nSPS) is 11.7. The fraction of sp³-hybridized carbons (Fsp3) is 0.889. The molecule has 0 aliphatic carbocycles. The zero-order chi connectivity index (χ0) is 46.5. The van der Waals surface area contributed by atoms with Gasteiger partial charge in [0.15, 0.2) is 0 Å². The summed E-state index contributed by atoms with van der Waals surface area (Å²) in [6.45, 7) is 8.93. The Balaban J connectivity index is 1.79. The van der Waals surface area contributed by atoms with Gasteiger partial charge in [-0.3, -0.25) is 0 Å². The maximum Gasteiger partial charge on any atom is 0.00858 e. The molecule has 0 aromatic heterocycles. The predicted octanol–water partition coefficient (Wildman–Crippen LogP) is 24.4. The van der Waals surface area contributed by atoms with Crippen LogP contribution in [0.15, 0.2) is 28.0 Å². The summed E-state index contributed by atoms with van der Waals surface area (Å²) in [5, 5.41) is 0. The lowest BCUT2D eigenvalue weighted by Crippen LogP contribution is -1.87. The van der Waals surface area contributed by atoms with E-state index in [-0.39, 0.29) is 0 Å². The van der Waals surface area contributed by atoms with Crippen molar-refractivity contribution in [2.75, 3.05) is 11.5 Å². The summed E-state index contributed by atoms with van der Waals surface area (Å²) in [4.78, 5) is 2.87. The van der Waals surface area contributed by atoms with Crippen LogP contribution in [0.25, 0.3) is 0 Å². The summed E-state index contributed by atoms with van der Waals surface area (Å²) >= 11 is 4.12. The highest BCUT2D eigenvalue weighted by atomic mass is 32.2. The Morgan fingerprint density at radius 3 is 0.554 bits per heavy atom. The molecule has 383 valence electrons. The van der Waals surface area contributed by atoms with E-state index < -0.39 is 0 Å². The number of rotatable bonds is 56. The van der Waals surface area contributed by atoms with Crippen LogP contribution in [-0.4, -0.2) is 11.5 Å². The third-order valence-electron chi connectivity index (χ3n) is 14.5. The van der Waals surface area contributed by atoms with Crippen molar-refractivity contribution in [1.29, 1.82) is 0 Å². The first-order chi connectivity index (χ1) is 32.3. The Morgan fingerprint density at radius 1 is 0.231 bits per heavy atom. The molecular weight excluding hydrogens is 821 g/mol. The first-order valence-electron chi connectivity index (χ1n) is 30.5. The van der Waals surface area contributed by atoms with E-state index in [2.05, 4.69) is 62.5 Å². The first-order valence-corrected chi connectivity index (χ1v) is 32.5. The average Bonchev–Trinajstić information content (AvgIpc) is 3.31. The van der Waals surface area contributed by atoms with Crippen LogP contribution in [0, 0.1) is 6.92 Å². The van der Waals surface area contributed by atoms with Gasteiger partial charge in [0.05, 0.1) is 0 Å². The molecule has 1 aromatic rings. The molecule has 1 aromatic carbocycles. The van der Waals surface area contributed by atoms with Gasteiger partial charge in [0.2, 0.25) is 0 Å². The Kier molecular flexibility index (Phi) is 53.1. The topological polar surface area (TPSA) is 0 Å². The smallest absolute Gasteiger partial charge is 0.00858 e. The van der Waals surface area contributed by atoms with Gasteiger partial charge >= 0.3 is 0 Å². The first kappa shape index (κ1) is 62.9. The van der Waals surface area contributed by atoms with Crippen molar-refractivity contribution >= 4 is 23.5 Å². The minimum Gasteiger partial charge on any atom is -0.126 e. The molecule has 0 spiro atoms. The summed E-state index contributed by atoms with van der Waals surface area (Å²) in [7, 11) is 0. The number of hydrogen-bond acceptors (Lipinski definition) is 2.